The molecule has 0 radical (unpaired) electrons. The zero-order valence-corrected chi connectivity index (χ0v) is 20.1. The SMILES string of the molecule is C[C@H](NC(=O)c1c(C(F)(F)F)nn2c1N(Cc1cccc(C(F)(F)F)c1)CC2CF)c1ccc(C(=O)O)cc1. The first-order valence-electron chi connectivity index (χ1n) is 11.5. The summed E-state index contributed by atoms with van der Waals surface area (Å²) in [4.78, 5) is 25.5. The van der Waals surface area contributed by atoms with Crippen LogP contribution in [0.3, 0.4) is 0 Å². The lowest BCUT2D eigenvalue weighted by molar-refractivity contribution is -0.142. The van der Waals surface area contributed by atoms with E-state index in [1.807, 2.05) is 0 Å². The number of nitrogens with zero attached hydrogens (tertiary/aromatic N) is 3. The van der Waals surface area contributed by atoms with Crippen LogP contribution < -0.4 is 10.2 Å². The third kappa shape index (κ3) is 5.68. The second-order valence-corrected chi connectivity index (χ2v) is 9.00. The van der Waals surface area contributed by atoms with Crippen molar-refractivity contribution in [3.05, 3.63) is 82.0 Å². The van der Waals surface area contributed by atoms with Crippen molar-refractivity contribution >= 4 is 17.7 Å². The number of carbonyl (C=O) groups is 2. The number of halogens is 7. The topological polar surface area (TPSA) is 87.5 Å². The van der Waals surface area contributed by atoms with Crippen LogP contribution >= 0.6 is 0 Å². The fourth-order valence-electron chi connectivity index (χ4n) is 4.40. The molecule has 0 saturated heterocycles. The maximum absolute atomic E-state index is 14.0. The van der Waals surface area contributed by atoms with Crippen LogP contribution in [0.1, 0.15) is 62.1 Å². The van der Waals surface area contributed by atoms with Crippen LogP contribution in [0, 0.1) is 0 Å². The Morgan fingerprint density at radius 3 is 2.31 bits per heavy atom. The summed E-state index contributed by atoms with van der Waals surface area (Å²) in [5.41, 5.74) is -2.97. The van der Waals surface area contributed by atoms with Crippen LogP contribution in [0.5, 0.6) is 0 Å². The molecular weight excluding hydrogens is 537 g/mol. The van der Waals surface area contributed by atoms with Gasteiger partial charge in [0.2, 0.25) is 0 Å². The van der Waals surface area contributed by atoms with Crippen molar-refractivity contribution in [2.75, 3.05) is 18.1 Å². The number of nitrogens with one attached hydrogen (secondary N) is 1. The number of rotatable bonds is 7. The Bertz CT molecular complexity index is 1380. The van der Waals surface area contributed by atoms with E-state index in [-0.39, 0.29) is 30.0 Å². The predicted octanol–water partition coefficient (Wildman–Crippen LogP) is 5.64. The summed E-state index contributed by atoms with van der Waals surface area (Å²) in [7, 11) is 0. The Labute approximate surface area is 216 Å². The fourth-order valence-corrected chi connectivity index (χ4v) is 4.40. The molecule has 4 rings (SSSR count). The van der Waals surface area contributed by atoms with Crippen molar-refractivity contribution < 1.29 is 45.4 Å². The highest BCUT2D eigenvalue weighted by atomic mass is 19.4. The van der Waals surface area contributed by atoms with Gasteiger partial charge in [0.1, 0.15) is 24.1 Å². The number of aromatic nitrogens is 2. The van der Waals surface area contributed by atoms with Gasteiger partial charge in [0.15, 0.2) is 5.69 Å². The van der Waals surface area contributed by atoms with E-state index in [0.717, 1.165) is 22.9 Å². The summed E-state index contributed by atoms with van der Waals surface area (Å²) in [5, 5.41) is 15.0. The third-order valence-corrected chi connectivity index (χ3v) is 6.27. The molecule has 2 atom stereocenters. The van der Waals surface area contributed by atoms with E-state index >= 15 is 0 Å². The third-order valence-electron chi connectivity index (χ3n) is 6.27. The first-order chi connectivity index (χ1) is 18.2. The molecule has 2 aromatic carbocycles. The van der Waals surface area contributed by atoms with Crippen molar-refractivity contribution in [3.63, 3.8) is 0 Å². The number of anilines is 1. The lowest BCUT2D eigenvalue weighted by Crippen LogP contribution is -2.31. The summed E-state index contributed by atoms with van der Waals surface area (Å²) in [6.45, 7) is -0.219. The Morgan fingerprint density at radius 2 is 1.74 bits per heavy atom. The standard InChI is InChI=1S/C25H21F7N4O3/c1-13(15-5-7-16(8-6-15)23(38)39)33-21(37)19-20(25(30,31)32)34-36-18(10-26)12-35(22(19)36)11-14-3-2-4-17(9-14)24(27,28)29/h2-9,13,18H,10-12H2,1H3,(H,33,37)(H,38,39)/t13-,18?/m0/s1. The van der Waals surface area contributed by atoms with Gasteiger partial charge in [0, 0.05) is 13.1 Å². The highest BCUT2D eigenvalue weighted by Gasteiger charge is 2.46. The van der Waals surface area contributed by atoms with Gasteiger partial charge < -0.3 is 15.3 Å². The second-order valence-electron chi connectivity index (χ2n) is 9.00. The zero-order valence-electron chi connectivity index (χ0n) is 20.1. The molecule has 0 saturated carbocycles. The van der Waals surface area contributed by atoms with Crippen molar-refractivity contribution in [1.82, 2.24) is 15.1 Å². The lowest BCUT2D eigenvalue weighted by atomic mass is 10.1. The highest BCUT2D eigenvalue weighted by molar-refractivity contribution is 6.01. The number of alkyl halides is 7. The summed E-state index contributed by atoms with van der Waals surface area (Å²) >= 11 is 0. The minimum Gasteiger partial charge on any atom is -0.478 e. The quantitative estimate of drug-likeness (QED) is 0.367. The monoisotopic (exact) mass is 558 g/mol. The van der Waals surface area contributed by atoms with E-state index in [1.165, 1.54) is 42.2 Å². The number of fused-ring (bicyclic) bond motifs is 1. The van der Waals surface area contributed by atoms with Crippen LogP contribution in [0.15, 0.2) is 48.5 Å². The molecule has 39 heavy (non-hydrogen) atoms. The van der Waals surface area contributed by atoms with Crippen LogP contribution in [0.4, 0.5) is 36.6 Å². The van der Waals surface area contributed by atoms with Crippen LogP contribution in [-0.4, -0.2) is 40.0 Å². The molecule has 1 amide bonds. The van der Waals surface area contributed by atoms with E-state index in [0.29, 0.717) is 5.56 Å². The smallest absolute Gasteiger partial charge is 0.436 e. The Kier molecular flexibility index (Phi) is 7.32. The van der Waals surface area contributed by atoms with Gasteiger partial charge in [-0.05, 0) is 42.3 Å². The highest BCUT2D eigenvalue weighted by Crippen LogP contribution is 2.42. The number of carboxylic acid groups (broad SMARTS) is 1. The van der Waals surface area contributed by atoms with Gasteiger partial charge in [0.05, 0.1) is 17.2 Å². The molecule has 14 heteroatoms. The molecule has 2 N–H and O–H groups in total. The van der Waals surface area contributed by atoms with Gasteiger partial charge in [-0.15, -0.1) is 0 Å². The van der Waals surface area contributed by atoms with Crippen molar-refractivity contribution in [1.29, 1.82) is 0 Å². The molecule has 1 unspecified atom stereocenters. The molecule has 1 aromatic heterocycles. The minimum atomic E-state index is -5.10. The molecule has 0 aliphatic carbocycles. The number of amides is 1. The van der Waals surface area contributed by atoms with Gasteiger partial charge >= 0.3 is 18.3 Å². The molecule has 2 heterocycles. The fraction of sp³-hybridized carbons (Fsp3) is 0.320. The van der Waals surface area contributed by atoms with E-state index in [2.05, 4.69) is 10.4 Å². The molecule has 0 fully saturated rings. The first-order valence-corrected chi connectivity index (χ1v) is 11.5. The number of hydrogen-bond donors (Lipinski definition) is 2. The Hall–Kier alpha value is -4.10. The van der Waals surface area contributed by atoms with Gasteiger partial charge in [0.25, 0.3) is 5.91 Å². The van der Waals surface area contributed by atoms with Gasteiger partial charge in [-0.1, -0.05) is 24.3 Å². The summed E-state index contributed by atoms with van der Waals surface area (Å²) in [5.74, 6) is -2.74. The number of aromatic carboxylic acids is 1. The average Bonchev–Trinajstić information content (AvgIpc) is 3.42. The normalized spacial score (nSPS) is 16.2. The maximum atomic E-state index is 14.0. The Balaban J connectivity index is 1.71. The average molecular weight is 558 g/mol. The minimum absolute atomic E-state index is 0.0337. The molecule has 208 valence electrons. The molecule has 3 aromatic rings. The van der Waals surface area contributed by atoms with Crippen molar-refractivity contribution in [2.24, 2.45) is 0 Å². The summed E-state index contributed by atoms with van der Waals surface area (Å²) in [6, 6.07) is 7.40. The van der Waals surface area contributed by atoms with E-state index < -0.39 is 59.8 Å². The predicted molar refractivity (Wildman–Crippen MR) is 124 cm³/mol. The van der Waals surface area contributed by atoms with Crippen LogP contribution in [-0.2, 0) is 18.9 Å². The van der Waals surface area contributed by atoms with Crippen molar-refractivity contribution in [3.8, 4) is 0 Å². The van der Waals surface area contributed by atoms with Gasteiger partial charge in [-0.25, -0.2) is 13.9 Å². The molecular formula is C25H21F7N4O3. The first kappa shape index (κ1) is 27.9. The molecule has 0 bridgehead atoms. The number of hydrogen-bond acceptors (Lipinski definition) is 4. The summed E-state index contributed by atoms with van der Waals surface area (Å²) in [6.07, 6.45) is -9.75. The molecule has 7 nitrogen and oxygen atoms in total. The van der Waals surface area contributed by atoms with Gasteiger partial charge in [-0.3, -0.25) is 4.79 Å². The van der Waals surface area contributed by atoms with Crippen LogP contribution in [0.2, 0.25) is 0 Å². The van der Waals surface area contributed by atoms with E-state index in [9.17, 15) is 40.3 Å². The number of benzene rings is 2. The molecule has 1 aliphatic rings. The largest absolute Gasteiger partial charge is 0.478 e. The number of carboxylic acids is 1. The zero-order chi connectivity index (χ0) is 28.7. The molecule has 0 spiro atoms. The van der Waals surface area contributed by atoms with Gasteiger partial charge in [-0.2, -0.15) is 31.4 Å². The second kappa shape index (κ2) is 10.2. The molecule has 1 aliphatic heterocycles. The maximum Gasteiger partial charge on any atom is 0.436 e. The van der Waals surface area contributed by atoms with E-state index in [4.69, 9.17) is 5.11 Å². The lowest BCUT2D eigenvalue weighted by Gasteiger charge is -2.21. The summed E-state index contributed by atoms with van der Waals surface area (Å²) < 4.78 is 96.0. The van der Waals surface area contributed by atoms with Crippen LogP contribution in [0.25, 0.3) is 0 Å². The Morgan fingerprint density at radius 1 is 1.08 bits per heavy atom. The number of carbonyl (C=O) groups excluding carboxylic acids is 1. The van der Waals surface area contributed by atoms with E-state index in [1.54, 1.807) is 0 Å². The van der Waals surface area contributed by atoms with Crippen molar-refractivity contribution in [2.45, 2.75) is 37.9 Å².